The smallest absolute Gasteiger partial charge is 0.257 e. The maximum Gasteiger partial charge on any atom is 0.257 e. The lowest BCUT2D eigenvalue weighted by Gasteiger charge is -2.40. The van der Waals surface area contributed by atoms with Crippen molar-refractivity contribution in [1.29, 1.82) is 0 Å². The topological polar surface area (TPSA) is 66.6 Å². The summed E-state index contributed by atoms with van der Waals surface area (Å²) in [6.45, 7) is 3.21. The van der Waals surface area contributed by atoms with Gasteiger partial charge in [0.25, 0.3) is 5.91 Å². The van der Waals surface area contributed by atoms with Crippen LogP contribution in [0.2, 0.25) is 0 Å². The molecule has 5 aromatic rings. The van der Waals surface area contributed by atoms with Gasteiger partial charge in [0.2, 0.25) is 5.95 Å². The largest absolute Gasteiger partial charge is 0.338 e. The van der Waals surface area contributed by atoms with E-state index < -0.39 is 11.6 Å². The molecule has 2 aromatic heterocycles. The Labute approximate surface area is 205 Å². The molecule has 0 N–H and O–H groups in total. The highest BCUT2D eigenvalue weighted by atomic mass is 19.1. The number of halogens is 2. The molecule has 180 valence electrons. The summed E-state index contributed by atoms with van der Waals surface area (Å²) in [6, 6.07) is 19.8. The number of nitrogens with zero attached hydrogens (tertiary/aromatic N) is 6. The van der Waals surface area contributed by atoms with E-state index in [1.807, 2.05) is 36.1 Å². The second-order valence-corrected chi connectivity index (χ2v) is 8.86. The number of hydrogen-bond acceptors (Lipinski definition) is 5. The van der Waals surface area contributed by atoms with E-state index in [0.717, 1.165) is 10.9 Å². The standard InChI is InChI=1S/C27H22F2N6O/c1-17-16-33(14-15-34(17)26(36)19-9-3-6-12-22(19)29)27-30-23-13-7-4-10-20(23)25-32-31-24(35(25)27)18-8-2-5-11-21(18)28/h2-13,17H,14-16H2,1H3/t17-/m1/s1. The van der Waals surface area contributed by atoms with Crippen molar-refractivity contribution in [2.45, 2.75) is 13.0 Å². The number of rotatable bonds is 3. The minimum absolute atomic E-state index is 0.0599. The summed E-state index contributed by atoms with van der Waals surface area (Å²) in [5.41, 5.74) is 1.70. The zero-order chi connectivity index (χ0) is 24.8. The Morgan fingerprint density at radius 2 is 1.61 bits per heavy atom. The zero-order valence-corrected chi connectivity index (χ0v) is 19.5. The predicted molar refractivity (Wildman–Crippen MR) is 133 cm³/mol. The van der Waals surface area contributed by atoms with Gasteiger partial charge in [-0.3, -0.25) is 4.79 Å². The highest BCUT2D eigenvalue weighted by Gasteiger charge is 2.32. The normalized spacial score (nSPS) is 16.1. The molecule has 7 nitrogen and oxygen atoms in total. The van der Waals surface area contributed by atoms with Crippen molar-refractivity contribution in [3.8, 4) is 11.4 Å². The van der Waals surface area contributed by atoms with Crippen LogP contribution in [0.4, 0.5) is 14.7 Å². The van der Waals surface area contributed by atoms with Gasteiger partial charge in [0, 0.05) is 31.1 Å². The summed E-state index contributed by atoms with van der Waals surface area (Å²) in [5, 5.41) is 9.55. The van der Waals surface area contributed by atoms with Crippen LogP contribution in [-0.2, 0) is 0 Å². The van der Waals surface area contributed by atoms with Gasteiger partial charge in [-0.2, -0.15) is 0 Å². The molecule has 0 aliphatic carbocycles. The van der Waals surface area contributed by atoms with E-state index >= 15 is 0 Å². The van der Waals surface area contributed by atoms with Crippen molar-refractivity contribution in [3.05, 3.63) is 90.0 Å². The predicted octanol–water partition coefficient (Wildman–Crippen LogP) is 4.57. The Hall–Kier alpha value is -4.40. The third kappa shape index (κ3) is 3.55. The lowest BCUT2D eigenvalue weighted by Crippen LogP contribution is -2.54. The molecule has 0 radical (unpaired) electrons. The summed E-state index contributed by atoms with van der Waals surface area (Å²) >= 11 is 0. The number of para-hydroxylation sites is 1. The molecule has 0 unspecified atom stereocenters. The minimum atomic E-state index is -0.533. The van der Waals surface area contributed by atoms with Crippen LogP contribution in [0, 0.1) is 11.6 Å². The van der Waals surface area contributed by atoms with Gasteiger partial charge >= 0.3 is 0 Å². The Morgan fingerprint density at radius 3 is 2.39 bits per heavy atom. The van der Waals surface area contributed by atoms with Crippen molar-refractivity contribution in [3.63, 3.8) is 0 Å². The summed E-state index contributed by atoms with van der Waals surface area (Å²) in [4.78, 5) is 21.7. The Bertz CT molecular complexity index is 1620. The van der Waals surface area contributed by atoms with Crippen LogP contribution >= 0.6 is 0 Å². The number of piperazine rings is 1. The highest BCUT2D eigenvalue weighted by Crippen LogP contribution is 2.30. The summed E-state index contributed by atoms with van der Waals surface area (Å²) in [5.74, 6) is -0.354. The van der Waals surface area contributed by atoms with E-state index in [9.17, 15) is 13.6 Å². The van der Waals surface area contributed by atoms with Gasteiger partial charge in [0.1, 0.15) is 11.6 Å². The number of hydrogen-bond donors (Lipinski definition) is 0. The van der Waals surface area contributed by atoms with E-state index in [1.165, 1.54) is 18.2 Å². The molecule has 3 aromatic carbocycles. The minimum Gasteiger partial charge on any atom is -0.338 e. The van der Waals surface area contributed by atoms with Crippen molar-refractivity contribution < 1.29 is 13.6 Å². The van der Waals surface area contributed by atoms with Crippen LogP contribution in [0.25, 0.3) is 27.9 Å². The number of amides is 1. The molecule has 9 heteroatoms. The first kappa shape index (κ1) is 22.1. The van der Waals surface area contributed by atoms with Gasteiger partial charge in [-0.15, -0.1) is 10.2 Å². The number of fused-ring (bicyclic) bond motifs is 3. The SMILES string of the molecule is C[C@@H]1CN(c2nc3ccccc3c3nnc(-c4ccccc4F)n23)CCN1C(=O)c1ccccc1F. The molecule has 0 saturated carbocycles. The summed E-state index contributed by atoms with van der Waals surface area (Å²) < 4.78 is 30.8. The number of aromatic nitrogens is 4. The Kier molecular flexibility index (Phi) is 5.32. The van der Waals surface area contributed by atoms with Gasteiger partial charge in [-0.05, 0) is 43.3 Å². The van der Waals surface area contributed by atoms with E-state index in [1.54, 1.807) is 39.6 Å². The monoisotopic (exact) mass is 484 g/mol. The third-order valence-electron chi connectivity index (χ3n) is 6.62. The lowest BCUT2D eigenvalue weighted by molar-refractivity contribution is 0.0668. The van der Waals surface area contributed by atoms with Crippen molar-refractivity contribution >= 4 is 28.4 Å². The fourth-order valence-electron chi connectivity index (χ4n) is 4.83. The molecule has 3 heterocycles. The summed E-state index contributed by atoms with van der Waals surface area (Å²) in [6.07, 6.45) is 0. The fourth-order valence-corrected chi connectivity index (χ4v) is 4.83. The first-order valence-corrected chi connectivity index (χ1v) is 11.7. The lowest BCUT2D eigenvalue weighted by atomic mass is 10.1. The molecular formula is C27H22F2N6O. The van der Waals surface area contributed by atoms with E-state index in [0.29, 0.717) is 42.6 Å². The van der Waals surface area contributed by atoms with Crippen molar-refractivity contribution in [2.24, 2.45) is 0 Å². The molecule has 1 saturated heterocycles. The number of anilines is 1. The molecule has 1 amide bonds. The first-order valence-electron chi connectivity index (χ1n) is 11.7. The van der Waals surface area contributed by atoms with Gasteiger partial charge in [-0.25, -0.2) is 18.2 Å². The molecular weight excluding hydrogens is 462 g/mol. The van der Waals surface area contributed by atoms with E-state index in [-0.39, 0.29) is 17.5 Å². The van der Waals surface area contributed by atoms with Crippen LogP contribution in [0.1, 0.15) is 17.3 Å². The first-order chi connectivity index (χ1) is 17.5. The molecule has 1 aliphatic rings. The van der Waals surface area contributed by atoms with Crippen LogP contribution in [0.3, 0.4) is 0 Å². The van der Waals surface area contributed by atoms with Gasteiger partial charge in [-0.1, -0.05) is 36.4 Å². The second kappa shape index (κ2) is 8.67. The molecule has 36 heavy (non-hydrogen) atoms. The number of carbonyl (C=O) groups excluding carboxylic acids is 1. The quantitative estimate of drug-likeness (QED) is 0.375. The van der Waals surface area contributed by atoms with Crippen molar-refractivity contribution in [2.75, 3.05) is 24.5 Å². The molecule has 1 aliphatic heterocycles. The van der Waals surface area contributed by atoms with Gasteiger partial charge < -0.3 is 9.80 Å². The van der Waals surface area contributed by atoms with Crippen LogP contribution < -0.4 is 4.90 Å². The molecule has 6 rings (SSSR count). The zero-order valence-electron chi connectivity index (χ0n) is 19.5. The average Bonchev–Trinajstić information content (AvgIpc) is 3.34. The van der Waals surface area contributed by atoms with E-state index in [4.69, 9.17) is 4.98 Å². The van der Waals surface area contributed by atoms with Gasteiger partial charge in [0.05, 0.1) is 16.6 Å². The summed E-state index contributed by atoms with van der Waals surface area (Å²) in [7, 11) is 0. The highest BCUT2D eigenvalue weighted by molar-refractivity contribution is 5.95. The van der Waals surface area contributed by atoms with Crippen LogP contribution in [0.15, 0.2) is 72.8 Å². The molecule has 0 bridgehead atoms. The average molecular weight is 485 g/mol. The molecule has 0 spiro atoms. The number of benzene rings is 3. The van der Waals surface area contributed by atoms with Gasteiger partial charge in [0.15, 0.2) is 11.5 Å². The third-order valence-corrected chi connectivity index (χ3v) is 6.62. The molecule has 1 atom stereocenters. The van der Waals surface area contributed by atoms with Crippen LogP contribution in [-0.4, -0.2) is 56.1 Å². The van der Waals surface area contributed by atoms with E-state index in [2.05, 4.69) is 10.2 Å². The number of carbonyl (C=O) groups is 1. The van der Waals surface area contributed by atoms with Crippen molar-refractivity contribution in [1.82, 2.24) is 24.5 Å². The Morgan fingerprint density at radius 1 is 0.889 bits per heavy atom. The fraction of sp³-hybridized carbons (Fsp3) is 0.185. The molecule has 1 fully saturated rings. The maximum absolute atomic E-state index is 14.8. The van der Waals surface area contributed by atoms with Crippen LogP contribution in [0.5, 0.6) is 0 Å². The Balaban J connectivity index is 1.43. The maximum atomic E-state index is 14.8. The second-order valence-electron chi connectivity index (χ2n) is 8.86.